The fourth-order valence-corrected chi connectivity index (χ4v) is 4.27. The third kappa shape index (κ3) is 6.35. The van der Waals surface area contributed by atoms with Crippen LogP contribution in [0.5, 0.6) is 0 Å². The van der Waals surface area contributed by atoms with E-state index < -0.39 is 12.1 Å². The maximum absolute atomic E-state index is 12.4. The van der Waals surface area contributed by atoms with Crippen molar-refractivity contribution < 1.29 is 19.8 Å². The van der Waals surface area contributed by atoms with Gasteiger partial charge in [0.2, 0.25) is 0 Å². The highest BCUT2D eigenvalue weighted by Gasteiger charge is 2.23. The van der Waals surface area contributed by atoms with E-state index in [1.54, 1.807) is 34.7 Å². The number of hydrogen-bond donors (Lipinski definition) is 2. The Morgan fingerprint density at radius 3 is 2.57 bits per heavy atom. The molecule has 1 unspecified atom stereocenters. The van der Waals surface area contributed by atoms with Gasteiger partial charge in [0.1, 0.15) is 0 Å². The number of benzene rings is 2. The van der Waals surface area contributed by atoms with Crippen LogP contribution in [0.1, 0.15) is 27.9 Å². The average molecular weight is 491 g/mol. The molecule has 1 aliphatic heterocycles. The molecule has 2 aromatic rings. The highest BCUT2D eigenvalue weighted by molar-refractivity contribution is 9.10. The minimum absolute atomic E-state index is 0.0684. The van der Waals surface area contributed by atoms with Gasteiger partial charge in [-0.15, -0.1) is 0 Å². The second kappa shape index (κ2) is 10.7. The van der Waals surface area contributed by atoms with Crippen molar-refractivity contribution in [2.45, 2.75) is 25.4 Å². The van der Waals surface area contributed by atoms with Gasteiger partial charge >= 0.3 is 11.2 Å². The van der Waals surface area contributed by atoms with Crippen LogP contribution >= 0.6 is 27.7 Å². The molecule has 3 rings (SSSR count). The Morgan fingerprint density at radius 2 is 1.87 bits per heavy atom. The summed E-state index contributed by atoms with van der Waals surface area (Å²) in [4.78, 5) is 23.4. The first-order valence-electron chi connectivity index (χ1n) is 9.58. The smallest absolute Gasteiger partial charge is 0.335 e. The Labute approximate surface area is 188 Å². The van der Waals surface area contributed by atoms with Gasteiger partial charge in [-0.1, -0.05) is 40.2 Å². The fraction of sp³-hybridized carbons (Fsp3) is 0.273. The maximum Gasteiger partial charge on any atom is 0.335 e. The van der Waals surface area contributed by atoms with Crippen molar-refractivity contribution in [1.29, 1.82) is 0 Å². The quantitative estimate of drug-likeness (QED) is 0.536. The maximum atomic E-state index is 12.4. The first-order valence-corrected chi connectivity index (χ1v) is 11.3. The van der Waals surface area contributed by atoms with Gasteiger partial charge < -0.3 is 10.2 Å². The standard InChI is InChI=1S/C22H23BrN2O4S/c23-19-3-1-2-17(14-19)15-20(26)9-10-24-12-13-30-22(29)25(24)11-8-16-4-6-18(7-5-16)21(27)28/h1-7,12-14,20,26H,8-11,15H2,(H,27,28). The lowest BCUT2D eigenvalue weighted by molar-refractivity contribution is 0.0546. The van der Waals surface area contributed by atoms with Crippen molar-refractivity contribution >= 4 is 38.9 Å². The summed E-state index contributed by atoms with van der Waals surface area (Å²) < 4.78 is 0.983. The fourth-order valence-electron chi connectivity index (χ4n) is 3.19. The molecule has 1 heterocycles. The minimum Gasteiger partial charge on any atom is -0.478 e. The van der Waals surface area contributed by atoms with E-state index >= 15 is 0 Å². The van der Waals surface area contributed by atoms with Crippen LogP contribution in [0, 0.1) is 0 Å². The number of thioether (sulfide) groups is 1. The number of amides is 1. The summed E-state index contributed by atoms with van der Waals surface area (Å²) >= 11 is 4.57. The summed E-state index contributed by atoms with van der Waals surface area (Å²) in [5.41, 5.74) is 2.26. The van der Waals surface area contributed by atoms with Crippen molar-refractivity contribution in [3.8, 4) is 0 Å². The van der Waals surface area contributed by atoms with E-state index in [1.807, 2.05) is 35.5 Å². The van der Waals surface area contributed by atoms with Crippen LogP contribution in [-0.4, -0.2) is 50.6 Å². The molecule has 8 heteroatoms. The van der Waals surface area contributed by atoms with Gasteiger partial charge in [-0.2, -0.15) is 0 Å². The summed E-state index contributed by atoms with van der Waals surface area (Å²) in [5, 5.41) is 24.6. The number of carbonyl (C=O) groups excluding carboxylic acids is 1. The summed E-state index contributed by atoms with van der Waals surface area (Å²) in [5.74, 6) is -0.957. The Balaban J connectivity index is 1.54. The van der Waals surface area contributed by atoms with Crippen molar-refractivity contribution in [2.24, 2.45) is 0 Å². The minimum atomic E-state index is -0.957. The molecule has 1 atom stereocenters. The Morgan fingerprint density at radius 1 is 1.10 bits per heavy atom. The molecule has 0 saturated heterocycles. The third-order valence-corrected chi connectivity index (χ3v) is 5.95. The number of halogens is 1. The Hall–Kier alpha value is -2.29. The van der Waals surface area contributed by atoms with Crippen LogP contribution < -0.4 is 0 Å². The summed E-state index contributed by atoms with van der Waals surface area (Å²) in [6.07, 6.45) is 3.03. The number of carbonyl (C=O) groups is 2. The molecular formula is C22H23BrN2O4S. The Kier molecular flexibility index (Phi) is 7.95. The van der Waals surface area contributed by atoms with Crippen LogP contribution in [0.2, 0.25) is 0 Å². The Bertz CT molecular complexity index is 920. The predicted octanol–water partition coefficient (Wildman–Crippen LogP) is 4.54. The number of aliphatic hydroxyl groups is 1. The molecule has 158 valence electrons. The van der Waals surface area contributed by atoms with E-state index in [2.05, 4.69) is 15.9 Å². The SMILES string of the molecule is O=C(O)c1ccc(CCN2C(=O)SC=CN2CCC(O)Cc2cccc(Br)c2)cc1. The lowest BCUT2D eigenvalue weighted by atomic mass is 10.1. The number of carboxylic acids is 1. The van der Waals surface area contributed by atoms with Crippen LogP contribution in [-0.2, 0) is 12.8 Å². The van der Waals surface area contributed by atoms with E-state index in [0.717, 1.165) is 27.4 Å². The summed E-state index contributed by atoms with van der Waals surface area (Å²) in [7, 11) is 0. The molecule has 2 aromatic carbocycles. The second-order valence-electron chi connectivity index (χ2n) is 6.98. The first-order chi connectivity index (χ1) is 14.4. The monoisotopic (exact) mass is 490 g/mol. The zero-order chi connectivity index (χ0) is 21.5. The van der Waals surface area contributed by atoms with Gasteiger partial charge in [0, 0.05) is 23.8 Å². The first kappa shape index (κ1) is 22.4. The molecule has 0 bridgehead atoms. The second-order valence-corrected chi connectivity index (χ2v) is 8.76. The van der Waals surface area contributed by atoms with Gasteiger partial charge in [0.15, 0.2) is 0 Å². The normalized spacial score (nSPS) is 14.8. The molecule has 0 aliphatic carbocycles. The number of nitrogens with zero attached hydrogens (tertiary/aromatic N) is 2. The van der Waals surface area contributed by atoms with Gasteiger partial charge in [0.25, 0.3) is 0 Å². The highest BCUT2D eigenvalue weighted by atomic mass is 79.9. The lowest BCUT2D eigenvalue weighted by Gasteiger charge is -2.36. The zero-order valence-electron chi connectivity index (χ0n) is 16.3. The predicted molar refractivity (Wildman–Crippen MR) is 121 cm³/mol. The van der Waals surface area contributed by atoms with Crippen molar-refractivity contribution in [2.75, 3.05) is 13.1 Å². The van der Waals surface area contributed by atoms with Crippen LogP contribution in [0.3, 0.4) is 0 Å². The van der Waals surface area contributed by atoms with E-state index in [0.29, 0.717) is 32.4 Å². The van der Waals surface area contributed by atoms with Crippen molar-refractivity contribution in [1.82, 2.24) is 10.0 Å². The van der Waals surface area contributed by atoms with Crippen LogP contribution in [0.4, 0.5) is 4.79 Å². The molecule has 6 nitrogen and oxygen atoms in total. The summed E-state index contributed by atoms with van der Waals surface area (Å²) in [6.45, 7) is 1.00. The van der Waals surface area contributed by atoms with Gasteiger partial charge in [-0.05, 0) is 71.8 Å². The topological polar surface area (TPSA) is 81.1 Å². The number of hydrogen-bond acceptors (Lipinski definition) is 5. The number of hydrazine groups is 1. The number of carboxylic acid groups (broad SMARTS) is 1. The molecule has 0 fully saturated rings. The van der Waals surface area contributed by atoms with E-state index in [9.17, 15) is 14.7 Å². The van der Waals surface area contributed by atoms with Gasteiger partial charge in [-0.25, -0.2) is 9.80 Å². The zero-order valence-corrected chi connectivity index (χ0v) is 18.7. The van der Waals surface area contributed by atoms with Gasteiger partial charge in [-0.3, -0.25) is 9.80 Å². The van der Waals surface area contributed by atoms with E-state index in [-0.39, 0.29) is 10.8 Å². The molecule has 2 N–H and O–H groups in total. The molecule has 0 radical (unpaired) electrons. The lowest BCUT2D eigenvalue weighted by Crippen LogP contribution is -2.45. The van der Waals surface area contributed by atoms with Gasteiger partial charge in [0.05, 0.1) is 11.7 Å². The third-order valence-electron chi connectivity index (χ3n) is 4.79. The molecule has 0 spiro atoms. The van der Waals surface area contributed by atoms with E-state index in [1.165, 1.54) is 0 Å². The van der Waals surface area contributed by atoms with Crippen LogP contribution in [0.25, 0.3) is 0 Å². The number of aromatic carboxylic acids is 1. The molecule has 1 aliphatic rings. The summed E-state index contributed by atoms with van der Waals surface area (Å²) in [6, 6.07) is 14.6. The molecule has 30 heavy (non-hydrogen) atoms. The molecule has 0 saturated carbocycles. The molecular weight excluding hydrogens is 468 g/mol. The average Bonchev–Trinajstić information content (AvgIpc) is 2.72. The highest BCUT2D eigenvalue weighted by Crippen LogP contribution is 2.21. The van der Waals surface area contributed by atoms with Crippen LogP contribution in [0.15, 0.2) is 64.6 Å². The number of aliphatic hydroxyl groups excluding tert-OH is 1. The van der Waals surface area contributed by atoms with Crippen molar-refractivity contribution in [3.05, 3.63) is 81.3 Å². The van der Waals surface area contributed by atoms with E-state index in [4.69, 9.17) is 5.11 Å². The number of rotatable bonds is 9. The largest absolute Gasteiger partial charge is 0.478 e. The molecule has 0 aromatic heterocycles. The van der Waals surface area contributed by atoms with Crippen molar-refractivity contribution in [3.63, 3.8) is 0 Å². The molecule has 1 amide bonds.